The molecule has 0 aliphatic carbocycles. The third kappa shape index (κ3) is 8.80. The first-order chi connectivity index (χ1) is 24.5. The van der Waals surface area contributed by atoms with Gasteiger partial charge in [0.25, 0.3) is 5.91 Å². The molecule has 258 valence electrons. The molecular formula is C42H43NO7. The molecule has 5 aromatic carbocycles. The summed E-state index contributed by atoms with van der Waals surface area (Å²) in [5.74, 6) is 1.46. The van der Waals surface area contributed by atoms with E-state index in [1.807, 2.05) is 83.8 Å². The highest BCUT2D eigenvalue weighted by Crippen LogP contribution is 2.28. The van der Waals surface area contributed by atoms with Crippen molar-refractivity contribution in [2.45, 2.75) is 57.7 Å². The quantitative estimate of drug-likeness (QED) is 0.0422. The number of esters is 1. The molecule has 50 heavy (non-hydrogen) atoms. The van der Waals surface area contributed by atoms with Crippen LogP contribution in [0.5, 0.6) is 17.2 Å². The Hall–Kier alpha value is -4.92. The van der Waals surface area contributed by atoms with Gasteiger partial charge >= 0.3 is 5.97 Å². The predicted molar refractivity (Wildman–Crippen MR) is 195 cm³/mol. The van der Waals surface area contributed by atoms with Gasteiger partial charge in [-0.3, -0.25) is 4.79 Å². The van der Waals surface area contributed by atoms with Gasteiger partial charge in [-0.25, -0.2) is 4.79 Å². The van der Waals surface area contributed by atoms with Crippen molar-refractivity contribution in [3.8, 4) is 17.2 Å². The largest absolute Gasteiger partial charge is 0.491 e. The van der Waals surface area contributed by atoms with Crippen molar-refractivity contribution < 1.29 is 33.3 Å². The highest BCUT2D eigenvalue weighted by Gasteiger charge is 2.24. The number of hydrogen-bond donors (Lipinski definition) is 0. The van der Waals surface area contributed by atoms with E-state index >= 15 is 0 Å². The molecular weight excluding hydrogens is 630 g/mol. The van der Waals surface area contributed by atoms with Crippen molar-refractivity contribution in [3.05, 3.63) is 108 Å². The van der Waals surface area contributed by atoms with Gasteiger partial charge in [0.2, 0.25) is 0 Å². The number of anilines is 1. The number of carbonyl (C=O) groups is 2. The number of ether oxygens (including phenoxy) is 5. The smallest absolute Gasteiger partial charge is 0.343 e. The molecule has 1 amide bonds. The average Bonchev–Trinajstić information content (AvgIpc) is 4.09. The highest BCUT2D eigenvalue weighted by molar-refractivity contribution is 6.08. The second-order valence-corrected chi connectivity index (χ2v) is 13.1. The number of carbonyl (C=O) groups excluding carboxylic acids is 2. The van der Waals surface area contributed by atoms with Crippen LogP contribution in [0.3, 0.4) is 0 Å². The summed E-state index contributed by atoms with van der Waals surface area (Å²) >= 11 is 0. The maximum atomic E-state index is 14.0. The number of rotatable bonds is 17. The SMILES string of the molecule is CCCCCCCCN(C(=O)c1ccc2cc(OCC3CO3)ccc2c1)c1ccc(OC(=O)c2ccc3cc(OCC4CO4)ccc3c2)cc1. The van der Waals surface area contributed by atoms with E-state index in [9.17, 15) is 9.59 Å². The fraction of sp³-hybridized carbons (Fsp3) is 0.333. The molecule has 0 N–H and O–H groups in total. The summed E-state index contributed by atoms with van der Waals surface area (Å²) in [6.07, 6.45) is 7.11. The summed E-state index contributed by atoms with van der Waals surface area (Å²) in [5.41, 5.74) is 1.82. The van der Waals surface area contributed by atoms with Gasteiger partial charge < -0.3 is 28.6 Å². The number of epoxide rings is 2. The maximum absolute atomic E-state index is 14.0. The van der Waals surface area contributed by atoms with E-state index in [2.05, 4.69) is 6.92 Å². The van der Waals surface area contributed by atoms with Crippen LogP contribution < -0.4 is 19.1 Å². The van der Waals surface area contributed by atoms with E-state index in [-0.39, 0.29) is 18.1 Å². The number of hydrogen-bond acceptors (Lipinski definition) is 7. The highest BCUT2D eigenvalue weighted by atomic mass is 16.6. The van der Waals surface area contributed by atoms with Crippen molar-refractivity contribution >= 4 is 39.1 Å². The minimum atomic E-state index is -0.448. The molecule has 8 nitrogen and oxygen atoms in total. The molecule has 0 saturated carbocycles. The number of benzene rings is 5. The fourth-order valence-electron chi connectivity index (χ4n) is 6.01. The number of fused-ring (bicyclic) bond motifs is 2. The van der Waals surface area contributed by atoms with Crippen LogP contribution >= 0.6 is 0 Å². The molecule has 2 atom stereocenters. The number of unbranched alkanes of at least 4 members (excludes halogenated alkanes) is 5. The van der Waals surface area contributed by atoms with Gasteiger partial charge in [-0.1, -0.05) is 63.3 Å². The van der Waals surface area contributed by atoms with Crippen molar-refractivity contribution in [2.24, 2.45) is 0 Å². The minimum absolute atomic E-state index is 0.0676. The Labute approximate surface area is 292 Å². The molecule has 2 fully saturated rings. The zero-order valence-corrected chi connectivity index (χ0v) is 28.5. The van der Waals surface area contributed by atoms with Gasteiger partial charge in [-0.2, -0.15) is 0 Å². The first-order valence-corrected chi connectivity index (χ1v) is 17.7. The third-order valence-corrected chi connectivity index (χ3v) is 9.12. The van der Waals surface area contributed by atoms with E-state index in [0.29, 0.717) is 36.6 Å². The molecule has 2 saturated heterocycles. The molecule has 2 unspecified atom stereocenters. The first-order valence-electron chi connectivity index (χ1n) is 17.7. The summed E-state index contributed by atoms with van der Waals surface area (Å²) in [7, 11) is 0. The van der Waals surface area contributed by atoms with Crippen molar-refractivity contribution in [1.82, 2.24) is 0 Å². The van der Waals surface area contributed by atoms with Crippen LogP contribution in [0.1, 0.15) is 66.2 Å². The molecule has 0 spiro atoms. The molecule has 5 aromatic rings. The summed E-state index contributed by atoms with van der Waals surface area (Å²) < 4.78 is 27.9. The normalized spacial score (nSPS) is 16.3. The number of nitrogens with zero attached hydrogens (tertiary/aromatic N) is 1. The van der Waals surface area contributed by atoms with Crippen LogP contribution in [0.4, 0.5) is 5.69 Å². The summed E-state index contributed by atoms with van der Waals surface area (Å²) in [6, 6.07) is 30.2. The topological polar surface area (TPSA) is 90.1 Å². The van der Waals surface area contributed by atoms with Crippen molar-refractivity contribution in [2.75, 3.05) is 37.9 Å². The summed E-state index contributed by atoms with van der Waals surface area (Å²) in [5, 5.41) is 3.87. The van der Waals surface area contributed by atoms with Crippen LogP contribution in [-0.4, -0.2) is 57.1 Å². The van der Waals surface area contributed by atoms with Gasteiger partial charge in [0.05, 0.1) is 18.8 Å². The van der Waals surface area contributed by atoms with Crippen LogP contribution in [0.15, 0.2) is 97.1 Å². The number of amides is 1. The monoisotopic (exact) mass is 673 g/mol. The second-order valence-electron chi connectivity index (χ2n) is 13.1. The Morgan fingerprint density at radius 1 is 0.620 bits per heavy atom. The fourth-order valence-corrected chi connectivity index (χ4v) is 6.01. The van der Waals surface area contributed by atoms with Crippen LogP contribution in [-0.2, 0) is 9.47 Å². The van der Waals surface area contributed by atoms with Crippen LogP contribution in [0.25, 0.3) is 21.5 Å². The van der Waals surface area contributed by atoms with Crippen molar-refractivity contribution in [1.29, 1.82) is 0 Å². The average molecular weight is 674 g/mol. The lowest BCUT2D eigenvalue weighted by Gasteiger charge is -2.23. The first kappa shape index (κ1) is 33.6. The minimum Gasteiger partial charge on any atom is -0.491 e. The molecule has 2 aliphatic heterocycles. The van der Waals surface area contributed by atoms with E-state index in [1.165, 1.54) is 19.3 Å². The Morgan fingerprint density at radius 2 is 1.12 bits per heavy atom. The second kappa shape index (κ2) is 15.7. The molecule has 2 heterocycles. The molecule has 8 heteroatoms. The molecule has 2 aliphatic rings. The predicted octanol–water partition coefficient (Wildman–Crippen LogP) is 8.77. The van der Waals surface area contributed by atoms with E-state index in [0.717, 1.165) is 71.2 Å². The lowest BCUT2D eigenvalue weighted by atomic mass is 10.0. The molecule has 0 bridgehead atoms. The van der Waals surface area contributed by atoms with Crippen LogP contribution in [0.2, 0.25) is 0 Å². The van der Waals surface area contributed by atoms with E-state index in [1.54, 1.807) is 18.2 Å². The summed E-state index contributed by atoms with van der Waals surface area (Å²) in [4.78, 5) is 29.0. The molecule has 0 radical (unpaired) electrons. The van der Waals surface area contributed by atoms with Crippen LogP contribution in [0, 0.1) is 0 Å². The van der Waals surface area contributed by atoms with E-state index in [4.69, 9.17) is 23.7 Å². The Balaban J connectivity index is 1.03. The third-order valence-electron chi connectivity index (χ3n) is 9.12. The van der Waals surface area contributed by atoms with Gasteiger partial charge in [0.1, 0.15) is 42.7 Å². The van der Waals surface area contributed by atoms with Crippen molar-refractivity contribution in [3.63, 3.8) is 0 Å². The van der Waals surface area contributed by atoms with Gasteiger partial charge in [0.15, 0.2) is 0 Å². The van der Waals surface area contributed by atoms with Gasteiger partial charge in [-0.15, -0.1) is 0 Å². The summed E-state index contributed by atoms with van der Waals surface area (Å²) in [6.45, 7) is 5.39. The zero-order chi connectivity index (χ0) is 34.3. The Bertz CT molecular complexity index is 1950. The van der Waals surface area contributed by atoms with Gasteiger partial charge in [0, 0.05) is 17.8 Å². The Kier molecular flexibility index (Phi) is 10.6. The standard InChI is InChI=1S/C42H43NO7/c1-2-3-4-5-6-7-20-43(41(44)33-10-8-31-23-37(16-12-29(31)21-33)46-25-39-27-48-39)35-14-18-36(19-15-35)50-42(45)34-11-9-32-24-38(17-13-30(32)22-34)47-26-40-28-49-40/h8-19,21-24,39-40H,2-7,20,25-28H2,1H3. The van der Waals surface area contributed by atoms with Gasteiger partial charge in [-0.05, 0) is 101 Å². The zero-order valence-electron chi connectivity index (χ0n) is 28.5. The van der Waals surface area contributed by atoms with E-state index < -0.39 is 5.97 Å². The lowest BCUT2D eigenvalue weighted by Crippen LogP contribution is -2.32. The molecule has 7 rings (SSSR count). The molecule has 0 aromatic heterocycles. The lowest BCUT2D eigenvalue weighted by molar-refractivity contribution is 0.0734. The Morgan fingerprint density at radius 3 is 1.72 bits per heavy atom. The maximum Gasteiger partial charge on any atom is 0.343 e.